The van der Waals surface area contributed by atoms with Crippen molar-refractivity contribution in [3.63, 3.8) is 0 Å². The van der Waals surface area contributed by atoms with Crippen LogP contribution < -0.4 is 0 Å². The number of aromatic amines is 2. The van der Waals surface area contributed by atoms with Crippen LogP contribution in [0.25, 0.3) is 46.4 Å². The van der Waals surface area contributed by atoms with Crippen LogP contribution in [0.5, 0.6) is 0 Å². The minimum Gasteiger partial charge on any atom is -0.481 e. The molecule has 8 bridgehead atoms. The first kappa shape index (κ1) is 17.5. The van der Waals surface area contributed by atoms with Crippen LogP contribution in [-0.2, 0) is 4.79 Å². The van der Waals surface area contributed by atoms with Crippen LogP contribution in [0.3, 0.4) is 0 Å². The van der Waals surface area contributed by atoms with Gasteiger partial charge in [0.25, 0.3) is 5.97 Å². The first-order chi connectivity index (χ1) is 13.5. The van der Waals surface area contributed by atoms with E-state index in [-0.39, 0.29) is 0 Å². The number of aliphatic carboxylic acids is 1. The molecule has 3 N–H and O–H groups in total. The fourth-order valence-electron chi connectivity index (χ4n) is 2.94. The molecule has 28 heavy (non-hydrogen) atoms. The second-order valence-electron chi connectivity index (χ2n) is 6.42. The SMILES string of the molecule is C1=Cc2cc3ccc(cc4nc(cc5ccc(cc1n2)[nH]5)C=C4)[nH]3.CC(=O)O. The van der Waals surface area contributed by atoms with Crippen LogP contribution in [0.15, 0.2) is 48.5 Å². The summed E-state index contributed by atoms with van der Waals surface area (Å²) in [7, 11) is 0. The van der Waals surface area contributed by atoms with E-state index in [9.17, 15) is 0 Å². The molecule has 0 spiro atoms. The highest BCUT2D eigenvalue weighted by atomic mass is 16.4. The Hall–Kier alpha value is -3.93. The molecule has 0 aromatic carbocycles. The fourth-order valence-corrected chi connectivity index (χ4v) is 2.94. The molecule has 6 nitrogen and oxygen atoms in total. The van der Waals surface area contributed by atoms with E-state index in [0.29, 0.717) is 0 Å². The van der Waals surface area contributed by atoms with Gasteiger partial charge in [0.15, 0.2) is 0 Å². The molecule has 0 fully saturated rings. The summed E-state index contributed by atoms with van der Waals surface area (Å²) in [5, 5.41) is 7.42. The smallest absolute Gasteiger partial charge is 0.300 e. The topological polar surface area (TPSA) is 94.7 Å². The predicted molar refractivity (Wildman–Crippen MR) is 112 cm³/mol. The minimum absolute atomic E-state index is 0.833. The molecule has 5 rings (SSSR count). The number of rotatable bonds is 0. The number of nitrogens with one attached hydrogen (secondary N) is 2. The summed E-state index contributed by atoms with van der Waals surface area (Å²) in [5.41, 5.74) is 7.86. The van der Waals surface area contributed by atoms with Gasteiger partial charge in [-0.2, -0.15) is 0 Å². The van der Waals surface area contributed by atoms with E-state index in [1.165, 1.54) is 0 Å². The van der Waals surface area contributed by atoms with Crippen LogP contribution in [-0.4, -0.2) is 31.0 Å². The summed E-state index contributed by atoms with van der Waals surface area (Å²) in [6.45, 7) is 1.08. The van der Waals surface area contributed by atoms with Crippen molar-refractivity contribution < 1.29 is 9.90 Å². The first-order valence-electron chi connectivity index (χ1n) is 8.77. The van der Waals surface area contributed by atoms with Crippen molar-refractivity contribution in [1.82, 2.24) is 19.9 Å². The highest BCUT2D eigenvalue weighted by Gasteiger charge is 2.01. The summed E-state index contributed by atoms with van der Waals surface area (Å²) in [6, 6.07) is 16.4. The summed E-state index contributed by atoms with van der Waals surface area (Å²) >= 11 is 0. The fraction of sp³-hybridized carbons (Fsp3) is 0.0455. The number of hydrogen-bond acceptors (Lipinski definition) is 3. The molecule has 0 radical (unpaired) electrons. The highest BCUT2D eigenvalue weighted by molar-refractivity contribution is 5.77. The molecule has 0 saturated carbocycles. The van der Waals surface area contributed by atoms with Gasteiger partial charge in [0.1, 0.15) is 0 Å². The molecular weight excluding hydrogens is 352 g/mol. The molecular formula is C22H18N4O2. The minimum atomic E-state index is -0.833. The molecule has 2 aliphatic heterocycles. The second kappa shape index (κ2) is 7.36. The molecule has 2 aliphatic rings. The highest BCUT2D eigenvalue weighted by Crippen LogP contribution is 2.16. The largest absolute Gasteiger partial charge is 0.481 e. The molecule has 0 amide bonds. The standard InChI is InChI=1S/C20H14N4.C2H4O2/c1-2-14-10-16-5-6-18(23-16)12-20-8-7-19(24-20)11-17-4-3-15(22-17)9-13(1)21-14;1-2(3)4/h1-12,21,24H;1H3,(H,3,4). The Morgan fingerprint density at radius 2 is 0.929 bits per heavy atom. The molecule has 138 valence electrons. The van der Waals surface area contributed by atoms with E-state index in [1.54, 1.807) is 0 Å². The van der Waals surface area contributed by atoms with Crippen LogP contribution >= 0.6 is 0 Å². The number of fused-ring (bicyclic) bond motifs is 8. The van der Waals surface area contributed by atoms with E-state index < -0.39 is 5.97 Å². The zero-order valence-electron chi connectivity index (χ0n) is 15.2. The van der Waals surface area contributed by atoms with Gasteiger partial charge in [-0.25, -0.2) is 9.97 Å². The van der Waals surface area contributed by atoms with Gasteiger partial charge in [-0.15, -0.1) is 0 Å². The maximum atomic E-state index is 9.00. The van der Waals surface area contributed by atoms with E-state index in [4.69, 9.17) is 9.90 Å². The van der Waals surface area contributed by atoms with Gasteiger partial charge in [0.2, 0.25) is 0 Å². The third-order valence-electron chi connectivity index (χ3n) is 4.04. The van der Waals surface area contributed by atoms with Crippen molar-refractivity contribution in [2.45, 2.75) is 6.92 Å². The Kier molecular flexibility index (Phi) is 4.60. The van der Waals surface area contributed by atoms with Crippen molar-refractivity contribution in [2.24, 2.45) is 0 Å². The van der Waals surface area contributed by atoms with E-state index >= 15 is 0 Å². The van der Waals surface area contributed by atoms with Crippen molar-refractivity contribution >= 4 is 52.3 Å². The predicted octanol–water partition coefficient (Wildman–Crippen LogP) is 4.75. The summed E-state index contributed by atoms with van der Waals surface area (Å²) < 4.78 is 0. The van der Waals surface area contributed by atoms with Gasteiger partial charge >= 0.3 is 0 Å². The number of carbonyl (C=O) groups is 1. The van der Waals surface area contributed by atoms with Crippen molar-refractivity contribution in [1.29, 1.82) is 0 Å². The number of carboxylic acid groups (broad SMARTS) is 1. The van der Waals surface area contributed by atoms with Gasteiger partial charge in [0, 0.05) is 29.0 Å². The average Bonchev–Trinajstić information content (AvgIpc) is 3.39. The normalized spacial score (nSPS) is 11.8. The Labute approximate surface area is 160 Å². The van der Waals surface area contributed by atoms with E-state index in [2.05, 4.69) is 44.2 Å². The number of aromatic nitrogens is 4. The van der Waals surface area contributed by atoms with Crippen molar-refractivity contribution in [2.75, 3.05) is 0 Å². The zero-order valence-corrected chi connectivity index (χ0v) is 15.2. The lowest BCUT2D eigenvalue weighted by atomic mass is 10.3. The van der Waals surface area contributed by atoms with Gasteiger partial charge in [-0.05, 0) is 72.8 Å². The van der Waals surface area contributed by atoms with E-state index in [1.807, 2.05) is 48.6 Å². The van der Waals surface area contributed by atoms with Gasteiger partial charge in [-0.1, -0.05) is 0 Å². The third-order valence-corrected chi connectivity index (χ3v) is 4.04. The Balaban J connectivity index is 0.000000442. The lowest BCUT2D eigenvalue weighted by Gasteiger charge is -1.85. The number of hydrogen-bond donors (Lipinski definition) is 3. The molecule has 6 heteroatoms. The zero-order chi connectivity index (χ0) is 19.5. The molecule has 0 unspecified atom stereocenters. The first-order valence-corrected chi connectivity index (χ1v) is 8.77. The van der Waals surface area contributed by atoms with Crippen LogP contribution in [0.1, 0.15) is 29.7 Å². The van der Waals surface area contributed by atoms with Crippen molar-refractivity contribution in [3.05, 3.63) is 71.3 Å². The van der Waals surface area contributed by atoms with Crippen LogP contribution in [0.4, 0.5) is 0 Å². The number of H-pyrrole nitrogens is 2. The molecule has 0 aliphatic carbocycles. The third kappa shape index (κ3) is 4.24. The number of nitrogens with zero attached hydrogens (tertiary/aromatic N) is 2. The van der Waals surface area contributed by atoms with Crippen LogP contribution in [0.2, 0.25) is 0 Å². The lowest BCUT2D eigenvalue weighted by molar-refractivity contribution is -0.134. The average molecular weight is 370 g/mol. The Morgan fingerprint density at radius 1 is 0.679 bits per heavy atom. The maximum absolute atomic E-state index is 9.00. The Morgan fingerprint density at radius 3 is 1.18 bits per heavy atom. The second-order valence-corrected chi connectivity index (χ2v) is 6.42. The molecule has 5 heterocycles. The van der Waals surface area contributed by atoms with Gasteiger partial charge < -0.3 is 15.1 Å². The van der Waals surface area contributed by atoms with Crippen LogP contribution in [0, 0.1) is 0 Å². The summed E-state index contributed by atoms with van der Waals surface area (Å²) in [5.74, 6) is -0.833. The lowest BCUT2D eigenvalue weighted by Crippen LogP contribution is -1.78. The summed E-state index contributed by atoms with van der Waals surface area (Å²) in [6.07, 6.45) is 8.09. The van der Waals surface area contributed by atoms with Gasteiger partial charge in [-0.3, -0.25) is 4.79 Å². The summed E-state index contributed by atoms with van der Waals surface area (Å²) in [4.78, 5) is 25.0. The van der Waals surface area contributed by atoms with Crippen molar-refractivity contribution in [3.8, 4) is 0 Å². The number of carboxylic acids is 1. The maximum Gasteiger partial charge on any atom is 0.300 e. The van der Waals surface area contributed by atoms with E-state index in [0.717, 1.165) is 51.8 Å². The monoisotopic (exact) mass is 370 g/mol. The van der Waals surface area contributed by atoms with Gasteiger partial charge in [0.05, 0.1) is 22.8 Å². The molecule has 3 aromatic heterocycles. The molecule has 0 atom stereocenters. The molecule has 0 saturated heterocycles. The quantitative estimate of drug-likeness (QED) is 0.367. The Bertz CT molecular complexity index is 1080. The molecule has 3 aromatic rings.